The lowest BCUT2D eigenvalue weighted by Gasteiger charge is -2.28. The van der Waals surface area contributed by atoms with Gasteiger partial charge in [-0.25, -0.2) is 0 Å². The first kappa shape index (κ1) is 10.0. The van der Waals surface area contributed by atoms with Crippen molar-refractivity contribution in [3.63, 3.8) is 0 Å². The molecule has 0 bridgehead atoms. The van der Waals surface area contributed by atoms with Gasteiger partial charge in [-0.1, -0.05) is 6.92 Å². The summed E-state index contributed by atoms with van der Waals surface area (Å²) in [7, 11) is 0. The maximum Gasteiger partial charge on any atom is 0.0249 e. The molecule has 2 atom stereocenters. The Morgan fingerprint density at radius 3 is 2.50 bits per heavy atom. The number of nitrogens with one attached hydrogen (secondary N) is 1. The van der Waals surface area contributed by atoms with Crippen LogP contribution in [0.15, 0.2) is 0 Å². The normalized spacial score (nSPS) is 31.0. The second-order valence-corrected chi connectivity index (χ2v) is 4.85. The zero-order chi connectivity index (χ0) is 9.19. The maximum absolute atomic E-state index is 5.66. The molecular weight excluding hydrogens is 148 g/mol. The van der Waals surface area contributed by atoms with Crippen LogP contribution in [-0.4, -0.2) is 18.1 Å². The fourth-order valence-electron chi connectivity index (χ4n) is 1.95. The summed E-state index contributed by atoms with van der Waals surface area (Å²) in [5.74, 6) is 0.899. The van der Waals surface area contributed by atoms with Crippen molar-refractivity contribution >= 4 is 0 Å². The molecule has 0 radical (unpaired) electrons. The molecule has 2 unspecified atom stereocenters. The zero-order valence-electron chi connectivity index (χ0n) is 8.56. The quantitative estimate of drug-likeness (QED) is 0.673. The number of rotatable bonds is 3. The smallest absolute Gasteiger partial charge is 0.0249 e. The predicted molar refractivity (Wildman–Crippen MR) is 53.1 cm³/mol. The Balaban J connectivity index is 2.32. The molecule has 0 heterocycles. The SMILES string of the molecule is CC1CCC(NC(C)(C)CN)C1. The van der Waals surface area contributed by atoms with E-state index in [1.807, 2.05) is 0 Å². The lowest BCUT2D eigenvalue weighted by molar-refractivity contribution is 0.338. The monoisotopic (exact) mass is 170 g/mol. The van der Waals surface area contributed by atoms with Crippen molar-refractivity contribution in [2.24, 2.45) is 11.7 Å². The van der Waals surface area contributed by atoms with E-state index in [0.29, 0.717) is 6.04 Å². The molecule has 12 heavy (non-hydrogen) atoms. The van der Waals surface area contributed by atoms with Gasteiger partial charge < -0.3 is 11.1 Å². The number of nitrogens with two attached hydrogens (primary N) is 1. The Morgan fingerprint density at radius 1 is 1.42 bits per heavy atom. The largest absolute Gasteiger partial charge is 0.329 e. The first-order chi connectivity index (χ1) is 5.53. The average Bonchev–Trinajstić information content (AvgIpc) is 2.35. The van der Waals surface area contributed by atoms with Crippen molar-refractivity contribution in [2.75, 3.05) is 6.54 Å². The van der Waals surface area contributed by atoms with Gasteiger partial charge in [-0.15, -0.1) is 0 Å². The number of hydrogen-bond acceptors (Lipinski definition) is 2. The highest BCUT2D eigenvalue weighted by Gasteiger charge is 2.26. The van der Waals surface area contributed by atoms with Crippen LogP contribution in [0.2, 0.25) is 0 Å². The molecule has 0 spiro atoms. The fraction of sp³-hybridized carbons (Fsp3) is 1.00. The van der Waals surface area contributed by atoms with Crippen LogP contribution in [-0.2, 0) is 0 Å². The molecule has 1 aliphatic carbocycles. The molecule has 1 fully saturated rings. The van der Waals surface area contributed by atoms with Gasteiger partial charge in [0.15, 0.2) is 0 Å². The minimum absolute atomic E-state index is 0.120. The van der Waals surface area contributed by atoms with Crippen LogP contribution in [0, 0.1) is 5.92 Å². The van der Waals surface area contributed by atoms with Gasteiger partial charge in [0.05, 0.1) is 0 Å². The van der Waals surface area contributed by atoms with E-state index in [1.54, 1.807) is 0 Å². The molecular formula is C10H22N2. The third-order valence-corrected chi connectivity index (χ3v) is 2.80. The van der Waals surface area contributed by atoms with E-state index in [-0.39, 0.29) is 5.54 Å². The van der Waals surface area contributed by atoms with E-state index in [0.717, 1.165) is 12.5 Å². The van der Waals surface area contributed by atoms with Crippen molar-refractivity contribution in [1.82, 2.24) is 5.32 Å². The molecule has 0 aliphatic heterocycles. The molecule has 0 aromatic rings. The summed E-state index contributed by atoms with van der Waals surface area (Å²) >= 11 is 0. The molecule has 0 aromatic heterocycles. The minimum atomic E-state index is 0.120. The van der Waals surface area contributed by atoms with Crippen molar-refractivity contribution in [3.8, 4) is 0 Å². The van der Waals surface area contributed by atoms with Gasteiger partial charge in [-0.3, -0.25) is 0 Å². The highest BCUT2D eigenvalue weighted by molar-refractivity contribution is 4.87. The van der Waals surface area contributed by atoms with E-state index in [1.165, 1.54) is 19.3 Å². The Kier molecular flexibility index (Phi) is 3.13. The van der Waals surface area contributed by atoms with E-state index < -0.39 is 0 Å². The molecule has 1 rings (SSSR count). The standard InChI is InChI=1S/C10H22N2/c1-8-4-5-9(6-8)12-10(2,3)7-11/h8-9,12H,4-7,11H2,1-3H3. The van der Waals surface area contributed by atoms with Crippen molar-refractivity contribution in [1.29, 1.82) is 0 Å². The Labute approximate surface area is 75.9 Å². The number of hydrogen-bond donors (Lipinski definition) is 2. The van der Waals surface area contributed by atoms with Crippen LogP contribution in [0.25, 0.3) is 0 Å². The van der Waals surface area contributed by atoms with Gasteiger partial charge >= 0.3 is 0 Å². The second-order valence-electron chi connectivity index (χ2n) is 4.85. The molecule has 0 saturated heterocycles. The van der Waals surface area contributed by atoms with Gasteiger partial charge in [0, 0.05) is 18.1 Å². The molecule has 72 valence electrons. The Hall–Kier alpha value is -0.0800. The topological polar surface area (TPSA) is 38.0 Å². The summed E-state index contributed by atoms with van der Waals surface area (Å²) in [6.07, 6.45) is 4.02. The third-order valence-electron chi connectivity index (χ3n) is 2.80. The second kappa shape index (κ2) is 3.75. The average molecular weight is 170 g/mol. The molecule has 3 N–H and O–H groups in total. The van der Waals surface area contributed by atoms with Crippen LogP contribution in [0.5, 0.6) is 0 Å². The molecule has 2 nitrogen and oxygen atoms in total. The highest BCUT2D eigenvalue weighted by Crippen LogP contribution is 2.25. The van der Waals surface area contributed by atoms with Gasteiger partial charge in [-0.05, 0) is 39.0 Å². The van der Waals surface area contributed by atoms with Crippen LogP contribution in [0.1, 0.15) is 40.0 Å². The lowest BCUT2D eigenvalue weighted by Crippen LogP contribution is -2.50. The van der Waals surface area contributed by atoms with Crippen molar-refractivity contribution in [2.45, 2.75) is 51.6 Å². The van der Waals surface area contributed by atoms with Crippen molar-refractivity contribution < 1.29 is 0 Å². The summed E-state index contributed by atoms with van der Waals surface area (Å²) in [6.45, 7) is 7.40. The van der Waals surface area contributed by atoms with E-state index in [2.05, 4.69) is 26.1 Å². The molecule has 0 aromatic carbocycles. The molecule has 0 amide bonds. The van der Waals surface area contributed by atoms with Gasteiger partial charge in [0.25, 0.3) is 0 Å². The fourth-order valence-corrected chi connectivity index (χ4v) is 1.95. The van der Waals surface area contributed by atoms with Gasteiger partial charge in [-0.2, -0.15) is 0 Å². The molecule has 1 aliphatic rings. The Morgan fingerprint density at radius 2 is 2.08 bits per heavy atom. The van der Waals surface area contributed by atoms with Crippen LogP contribution in [0.3, 0.4) is 0 Å². The summed E-state index contributed by atoms with van der Waals surface area (Å²) < 4.78 is 0. The Bertz CT molecular complexity index is 143. The van der Waals surface area contributed by atoms with Gasteiger partial charge in [0.2, 0.25) is 0 Å². The van der Waals surface area contributed by atoms with Crippen LogP contribution >= 0.6 is 0 Å². The summed E-state index contributed by atoms with van der Waals surface area (Å²) in [5.41, 5.74) is 5.78. The predicted octanol–water partition coefficient (Wildman–Crippen LogP) is 1.50. The minimum Gasteiger partial charge on any atom is -0.329 e. The van der Waals surface area contributed by atoms with E-state index >= 15 is 0 Å². The summed E-state index contributed by atoms with van der Waals surface area (Å²) in [4.78, 5) is 0. The maximum atomic E-state index is 5.66. The molecule has 1 saturated carbocycles. The first-order valence-corrected chi connectivity index (χ1v) is 5.01. The molecule has 2 heteroatoms. The first-order valence-electron chi connectivity index (χ1n) is 5.01. The van der Waals surface area contributed by atoms with Crippen LogP contribution < -0.4 is 11.1 Å². The zero-order valence-corrected chi connectivity index (χ0v) is 8.56. The lowest BCUT2D eigenvalue weighted by atomic mass is 10.0. The van der Waals surface area contributed by atoms with E-state index in [9.17, 15) is 0 Å². The van der Waals surface area contributed by atoms with Gasteiger partial charge in [0.1, 0.15) is 0 Å². The van der Waals surface area contributed by atoms with Crippen molar-refractivity contribution in [3.05, 3.63) is 0 Å². The highest BCUT2D eigenvalue weighted by atomic mass is 15.0. The summed E-state index contributed by atoms with van der Waals surface area (Å²) in [6, 6.07) is 0.707. The summed E-state index contributed by atoms with van der Waals surface area (Å²) in [5, 5.41) is 3.61. The third kappa shape index (κ3) is 2.76. The van der Waals surface area contributed by atoms with Crippen LogP contribution in [0.4, 0.5) is 0 Å². The van der Waals surface area contributed by atoms with E-state index in [4.69, 9.17) is 5.73 Å².